The van der Waals surface area contributed by atoms with E-state index >= 15 is 0 Å². The zero-order valence-corrected chi connectivity index (χ0v) is 55.1. The third-order valence-electron chi connectivity index (χ3n) is 15.1. The van der Waals surface area contributed by atoms with Crippen LogP contribution in [0.25, 0.3) is 30.4 Å². The zero-order chi connectivity index (χ0) is 66.2. The topological polar surface area (TPSA) is 281 Å². The van der Waals surface area contributed by atoms with Gasteiger partial charge in [0.05, 0.1) is 84.9 Å². The van der Waals surface area contributed by atoms with Crippen LogP contribution in [0.5, 0.6) is 0 Å². The van der Waals surface area contributed by atoms with E-state index in [1.54, 1.807) is 93.8 Å². The van der Waals surface area contributed by atoms with Gasteiger partial charge in [-0.1, -0.05) is 76.3 Å². The number of rotatable bonds is 23. The number of ether oxygens (including phenoxy) is 2. The fourth-order valence-electron chi connectivity index (χ4n) is 9.92. The molecule has 89 heavy (non-hydrogen) atoms. The quantitative estimate of drug-likeness (QED) is 0.0602. The predicted octanol–water partition coefficient (Wildman–Crippen LogP) is 10.5. The highest BCUT2D eigenvalue weighted by Gasteiger charge is 2.38. The van der Waals surface area contributed by atoms with Crippen molar-refractivity contribution >= 4 is 54.7 Å². The number of Topliss-reactive ketones (excluding diaryl/α,β-unsaturated/α-hetero) is 2. The average molecular weight is 1260 g/mol. The standard InChI is InChI=1S/C32H39FN6O4S.C17H21N5O3S.C15H20FNO2/c1-9-21-10-11-22(33)15-23(21)24(43-18-31(5,6)17-34)16-37-29-26(20(4)28(44-29)39-35-12-13-36-39)27(41)38(30(37)42)32(7,8)25(40)14-19(2)3;1-9(2)8-11(23)17(4,5)21-14(24)12-10(3)15(22-18-6-7-19-22)26-13(12)20-16(21)25;1-4-11-5-6-12(16)7-13(11)14(8-18)19-10-15(2,3)9-17/h10-13,15,19,24H,9,14,16,18H2,1-8H3;6-7,9H,8H2,1-5H3,(H,20,25);5-7,14,18H,4,8,10H2,1-3H3/t24-;;14-/m0.0/s1. The molecule has 8 aromatic rings. The number of aliphatic hydroxyl groups excluding tert-OH is 1. The molecule has 0 aliphatic carbocycles. The van der Waals surface area contributed by atoms with E-state index in [4.69, 9.17) is 14.7 Å². The van der Waals surface area contributed by atoms with E-state index in [1.807, 2.05) is 41.5 Å². The van der Waals surface area contributed by atoms with Crippen LogP contribution in [0, 0.1) is 70.8 Å². The van der Waals surface area contributed by atoms with Gasteiger partial charge in [-0.05, 0) is 140 Å². The molecule has 0 saturated heterocycles. The first-order valence-corrected chi connectivity index (χ1v) is 30.9. The summed E-state index contributed by atoms with van der Waals surface area (Å²) in [7, 11) is 0. The van der Waals surface area contributed by atoms with E-state index in [1.165, 1.54) is 73.5 Å². The lowest BCUT2D eigenvalue weighted by Gasteiger charge is -2.29. The van der Waals surface area contributed by atoms with Crippen molar-refractivity contribution in [3.63, 3.8) is 0 Å². The molecule has 8 rings (SSSR count). The number of aromatic amines is 1. The Balaban J connectivity index is 0.000000236. The summed E-state index contributed by atoms with van der Waals surface area (Å²) in [5.41, 5.74) is -2.34. The van der Waals surface area contributed by atoms with Crippen molar-refractivity contribution in [1.82, 2.24) is 48.7 Å². The second-order valence-corrected chi connectivity index (χ2v) is 27.0. The van der Waals surface area contributed by atoms with Crippen LogP contribution >= 0.6 is 22.7 Å². The number of fused-ring (bicyclic) bond motifs is 2. The third kappa shape index (κ3) is 15.7. The van der Waals surface area contributed by atoms with Gasteiger partial charge in [-0.2, -0.15) is 30.9 Å². The molecule has 0 saturated carbocycles. The Morgan fingerprint density at radius 3 is 1.51 bits per heavy atom. The van der Waals surface area contributed by atoms with Crippen molar-refractivity contribution in [3.05, 3.63) is 148 Å². The number of aryl methyl sites for hydroxylation is 4. The summed E-state index contributed by atoms with van der Waals surface area (Å²) in [5.74, 6) is -1.06. The fraction of sp³-hybridized carbons (Fsp3) is 0.500. The lowest BCUT2D eigenvalue weighted by atomic mass is 9.91. The summed E-state index contributed by atoms with van der Waals surface area (Å²) in [6.45, 7) is 28.3. The third-order valence-corrected chi connectivity index (χ3v) is 17.6. The molecule has 476 valence electrons. The first kappa shape index (κ1) is 70.2. The van der Waals surface area contributed by atoms with Crippen molar-refractivity contribution in [2.45, 2.75) is 166 Å². The second-order valence-electron chi connectivity index (χ2n) is 25.0. The molecule has 0 radical (unpaired) electrons. The van der Waals surface area contributed by atoms with Gasteiger partial charge in [0, 0.05) is 24.0 Å². The molecule has 25 heteroatoms. The van der Waals surface area contributed by atoms with Gasteiger partial charge in [-0.3, -0.25) is 28.7 Å². The highest BCUT2D eigenvalue weighted by Crippen LogP contribution is 2.35. The van der Waals surface area contributed by atoms with Crippen molar-refractivity contribution < 1.29 is 33.0 Å². The zero-order valence-electron chi connectivity index (χ0n) is 53.4. The van der Waals surface area contributed by atoms with E-state index < -0.39 is 62.4 Å². The highest BCUT2D eigenvalue weighted by atomic mass is 32.1. The maximum Gasteiger partial charge on any atom is 0.333 e. The van der Waals surface area contributed by atoms with E-state index in [0.717, 1.165) is 26.7 Å². The van der Waals surface area contributed by atoms with Crippen LogP contribution in [0.1, 0.15) is 155 Å². The van der Waals surface area contributed by atoms with Crippen LogP contribution in [0.2, 0.25) is 0 Å². The van der Waals surface area contributed by atoms with Gasteiger partial charge in [-0.25, -0.2) is 27.5 Å². The molecular weight excluding hydrogens is 1180 g/mol. The van der Waals surface area contributed by atoms with Crippen LogP contribution in [0.3, 0.4) is 0 Å². The van der Waals surface area contributed by atoms with E-state index in [-0.39, 0.29) is 67.4 Å². The van der Waals surface area contributed by atoms with E-state index in [2.05, 4.69) is 37.5 Å². The molecule has 0 bridgehead atoms. The normalized spacial score (nSPS) is 12.8. The number of carbonyl (C=O) groups excluding carboxylic acids is 2. The van der Waals surface area contributed by atoms with Crippen molar-refractivity contribution in [2.75, 3.05) is 19.8 Å². The van der Waals surface area contributed by atoms with Crippen LogP contribution in [0.4, 0.5) is 8.78 Å². The minimum atomic E-state index is -1.46. The summed E-state index contributed by atoms with van der Waals surface area (Å²) in [6, 6.07) is 13.3. The molecule has 2 N–H and O–H groups in total. The number of aliphatic hydroxyl groups is 1. The van der Waals surface area contributed by atoms with Crippen LogP contribution in [-0.4, -0.2) is 85.2 Å². The number of hydrogen-bond acceptors (Lipinski definition) is 17. The molecular formula is C64H80F2N12O9S2. The summed E-state index contributed by atoms with van der Waals surface area (Å²) in [4.78, 5) is 86.9. The SMILES string of the molecule is CCc1ccc(F)cc1[C@H](CO)OCC(C)(C)C#N.CCc1ccc(F)cc1[C@H](Cn1c(=O)n(C(C)(C)C(=O)CC(C)C)c(=O)c2c(C)c(-n3nccn3)sc21)OCC(C)(C)C#N.Cc1c(-n2nccn2)sc2[nH]c(=O)n(C(C)(C)C(=O)CC(C)C)c(=O)c12. The number of thiophene rings is 2. The summed E-state index contributed by atoms with van der Waals surface area (Å²) < 4.78 is 43.4. The smallest absolute Gasteiger partial charge is 0.333 e. The van der Waals surface area contributed by atoms with Crippen LogP contribution < -0.4 is 22.5 Å². The summed E-state index contributed by atoms with van der Waals surface area (Å²) in [5, 5.41) is 46.5. The number of ketones is 2. The number of halogens is 2. The number of nitrogens with zero attached hydrogens (tertiary/aromatic N) is 11. The minimum absolute atomic E-state index is 0.00958. The Morgan fingerprint density at radius 1 is 0.652 bits per heavy atom. The Labute approximate surface area is 523 Å². The van der Waals surface area contributed by atoms with Gasteiger partial charge < -0.3 is 14.6 Å². The van der Waals surface area contributed by atoms with Crippen LogP contribution in [-0.2, 0) is 49.5 Å². The number of nitrogens with one attached hydrogen (secondary N) is 1. The number of hydrogen-bond donors (Lipinski definition) is 2. The maximum atomic E-state index is 14.7. The average Bonchev–Trinajstić information content (AvgIpc) is 1.68. The Kier molecular flexibility index (Phi) is 22.6. The largest absolute Gasteiger partial charge is 0.393 e. The van der Waals surface area contributed by atoms with Gasteiger partial charge in [-0.15, -0.1) is 9.59 Å². The Hall–Kier alpha value is -7.94. The second kappa shape index (κ2) is 28.7. The van der Waals surface area contributed by atoms with Gasteiger partial charge >= 0.3 is 11.4 Å². The van der Waals surface area contributed by atoms with E-state index in [9.17, 15) is 47.9 Å². The number of carbonyl (C=O) groups is 2. The van der Waals surface area contributed by atoms with Gasteiger partial charge in [0.1, 0.15) is 54.6 Å². The molecule has 2 atom stereocenters. The molecule has 2 aromatic carbocycles. The molecule has 21 nitrogen and oxygen atoms in total. The predicted molar refractivity (Wildman–Crippen MR) is 339 cm³/mol. The van der Waals surface area contributed by atoms with Gasteiger partial charge in [0.15, 0.2) is 11.6 Å². The minimum Gasteiger partial charge on any atom is -0.393 e. The van der Waals surface area contributed by atoms with Gasteiger partial charge in [0.2, 0.25) is 0 Å². The van der Waals surface area contributed by atoms with Crippen molar-refractivity contribution in [1.29, 1.82) is 10.5 Å². The lowest BCUT2D eigenvalue weighted by molar-refractivity contribution is -0.127. The molecule has 0 fully saturated rings. The van der Waals surface area contributed by atoms with Gasteiger partial charge in [0.25, 0.3) is 11.1 Å². The molecule has 0 spiro atoms. The Bertz CT molecular complexity index is 4170. The van der Waals surface area contributed by atoms with Crippen molar-refractivity contribution in [3.8, 4) is 22.1 Å². The molecule has 0 aliphatic rings. The fourth-order valence-corrected chi connectivity index (χ4v) is 12.2. The first-order valence-electron chi connectivity index (χ1n) is 29.3. The molecule has 0 amide bonds. The Morgan fingerprint density at radius 2 is 1.07 bits per heavy atom. The number of nitriles is 2. The van der Waals surface area contributed by atoms with Crippen LogP contribution in [0.15, 0.2) is 80.4 Å². The molecule has 6 heterocycles. The number of aromatic nitrogens is 10. The summed E-state index contributed by atoms with van der Waals surface area (Å²) in [6.07, 6.45) is 6.43. The molecule has 0 unspecified atom stereocenters. The number of H-pyrrole nitrogens is 1. The molecule has 6 aromatic heterocycles. The highest BCUT2D eigenvalue weighted by molar-refractivity contribution is 7.21. The first-order chi connectivity index (χ1) is 41.7. The lowest BCUT2D eigenvalue weighted by Crippen LogP contribution is -2.53. The maximum absolute atomic E-state index is 14.7. The number of benzene rings is 2. The van der Waals surface area contributed by atoms with Crippen molar-refractivity contribution in [2.24, 2.45) is 22.7 Å². The summed E-state index contributed by atoms with van der Waals surface area (Å²) >= 11 is 2.41. The molecule has 0 aliphatic heterocycles. The monoisotopic (exact) mass is 1260 g/mol. The van der Waals surface area contributed by atoms with E-state index in [0.29, 0.717) is 60.1 Å².